The highest BCUT2D eigenvalue weighted by Gasteiger charge is 2.37. The molecular formula is C14H17NO3. The summed E-state index contributed by atoms with van der Waals surface area (Å²) in [5.74, 6) is 0.717. The molecule has 0 N–H and O–H groups in total. The number of carbonyl (C=O) groups is 2. The fourth-order valence-corrected chi connectivity index (χ4v) is 2.31. The normalized spacial score (nSPS) is 22.9. The van der Waals surface area contributed by atoms with Gasteiger partial charge in [-0.25, -0.2) is 0 Å². The van der Waals surface area contributed by atoms with Gasteiger partial charge in [0.15, 0.2) is 5.78 Å². The third-order valence-corrected chi connectivity index (χ3v) is 3.18. The van der Waals surface area contributed by atoms with Gasteiger partial charge >= 0.3 is 0 Å². The third-order valence-electron chi connectivity index (χ3n) is 3.18. The first-order valence-electron chi connectivity index (χ1n) is 6.07. The van der Waals surface area contributed by atoms with E-state index < -0.39 is 0 Å². The summed E-state index contributed by atoms with van der Waals surface area (Å²) < 4.78 is 5.79. The number of likely N-dealkylation sites (tertiary alicyclic amines) is 1. The van der Waals surface area contributed by atoms with Crippen LogP contribution in [0.15, 0.2) is 30.3 Å². The van der Waals surface area contributed by atoms with Crippen LogP contribution in [-0.2, 0) is 9.59 Å². The van der Waals surface area contributed by atoms with Crippen molar-refractivity contribution in [3.63, 3.8) is 0 Å². The Kier molecular flexibility index (Phi) is 3.65. The highest BCUT2D eigenvalue weighted by Crippen LogP contribution is 2.23. The molecule has 1 amide bonds. The van der Waals surface area contributed by atoms with Gasteiger partial charge < -0.3 is 9.64 Å². The highest BCUT2D eigenvalue weighted by atomic mass is 16.5. The molecule has 1 aromatic carbocycles. The molecular weight excluding hydrogens is 230 g/mol. The Bertz CT molecular complexity index is 422. The van der Waals surface area contributed by atoms with E-state index in [1.54, 1.807) is 4.90 Å². The van der Waals surface area contributed by atoms with E-state index in [-0.39, 0.29) is 23.8 Å². The SMILES string of the molecule is CC(=O)[C@@H]1C[C@@H](Oc2ccccc2)CN1C(C)=O. The minimum Gasteiger partial charge on any atom is -0.488 e. The molecule has 18 heavy (non-hydrogen) atoms. The van der Waals surface area contributed by atoms with Crippen molar-refractivity contribution in [3.8, 4) is 5.75 Å². The van der Waals surface area contributed by atoms with Crippen molar-refractivity contribution in [1.82, 2.24) is 4.90 Å². The minimum absolute atomic E-state index is 0.0179. The van der Waals surface area contributed by atoms with E-state index in [9.17, 15) is 9.59 Å². The molecule has 4 nitrogen and oxygen atoms in total. The summed E-state index contributed by atoms with van der Waals surface area (Å²) in [4.78, 5) is 24.6. The summed E-state index contributed by atoms with van der Waals surface area (Å²) in [6.07, 6.45) is 0.467. The van der Waals surface area contributed by atoms with E-state index in [2.05, 4.69) is 0 Å². The largest absolute Gasteiger partial charge is 0.488 e. The molecule has 4 heteroatoms. The van der Waals surface area contributed by atoms with Crippen LogP contribution in [0.5, 0.6) is 5.75 Å². The predicted molar refractivity (Wildman–Crippen MR) is 67.3 cm³/mol. The lowest BCUT2D eigenvalue weighted by molar-refractivity contribution is -0.135. The molecule has 1 saturated heterocycles. The summed E-state index contributed by atoms with van der Waals surface area (Å²) in [6.45, 7) is 3.49. The van der Waals surface area contributed by atoms with Crippen LogP contribution in [0.2, 0.25) is 0 Å². The molecule has 1 aliphatic rings. The molecule has 0 aliphatic carbocycles. The third kappa shape index (κ3) is 2.70. The monoisotopic (exact) mass is 247 g/mol. The van der Waals surface area contributed by atoms with Crippen LogP contribution in [0, 0.1) is 0 Å². The second kappa shape index (κ2) is 5.21. The van der Waals surface area contributed by atoms with E-state index in [0.29, 0.717) is 13.0 Å². The van der Waals surface area contributed by atoms with E-state index in [0.717, 1.165) is 5.75 Å². The van der Waals surface area contributed by atoms with E-state index >= 15 is 0 Å². The van der Waals surface area contributed by atoms with Gasteiger partial charge in [-0.1, -0.05) is 18.2 Å². The zero-order valence-electron chi connectivity index (χ0n) is 10.6. The van der Waals surface area contributed by atoms with Gasteiger partial charge in [0, 0.05) is 13.3 Å². The number of rotatable bonds is 3. The first kappa shape index (κ1) is 12.6. The van der Waals surface area contributed by atoms with Crippen molar-refractivity contribution < 1.29 is 14.3 Å². The molecule has 2 rings (SSSR count). The van der Waals surface area contributed by atoms with Crippen molar-refractivity contribution >= 4 is 11.7 Å². The molecule has 0 spiro atoms. The van der Waals surface area contributed by atoms with Gasteiger partial charge in [0.05, 0.1) is 12.6 Å². The van der Waals surface area contributed by atoms with Gasteiger partial charge in [-0.15, -0.1) is 0 Å². The minimum atomic E-state index is -0.337. The Morgan fingerprint density at radius 3 is 2.39 bits per heavy atom. The number of carbonyl (C=O) groups excluding carboxylic acids is 2. The number of hydrogen-bond donors (Lipinski definition) is 0. The first-order chi connectivity index (χ1) is 8.58. The number of Topliss-reactive ketones (excluding diaryl/α,β-unsaturated/α-hetero) is 1. The molecule has 1 fully saturated rings. The van der Waals surface area contributed by atoms with Crippen LogP contribution in [0.4, 0.5) is 0 Å². The molecule has 96 valence electrons. The smallest absolute Gasteiger partial charge is 0.220 e. The standard InChI is InChI=1S/C14H17NO3/c1-10(16)14-8-13(9-15(14)11(2)17)18-12-6-4-3-5-7-12/h3-7,13-14H,8-9H2,1-2H3/t13-,14+/m1/s1. The second-order valence-corrected chi connectivity index (χ2v) is 4.59. The van der Waals surface area contributed by atoms with Crippen molar-refractivity contribution in [2.45, 2.75) is 32.4 Å². The first-order valence-corrected chi connectivity index (χ1v) is 6.07. The summed E-state index contributed by atoms with van der Waals surface area (Å²) >= 11 is 0. The Labute approximate surface area is 107 Å². The predicted octanol–water partition coefficient (Wildman–Crippen LogP) is 1.64. The molecule has 2 atom stereocenters. The Morgan fingerprint density at radius 2 is 1.89 bits per heavy atom. The van der Waals surface area contributed by atoms with Crippen molar-refractivity contribution in [1.29, 1.82) is 0 Å². The summed E-state index contributed by atoms with van der Waals surface area (Å²) in [7, 11) is 0. The van der Waals surface area contributed by atoms with Crippen molar-refractivity contribution in [2.24, 2.45) is 0 Å². The molecule has 1 aliphatic heterocycles. The molecule has 0 radical (unpaired) electrons. The lowest BCUT2D eigenvalue weighted by Crippen LogP contribution is -2.38. The zero-order chi connectivity index (χ0) is 13.1. The highest BCUT2D eigenvalue weighted by molar-refractivity contribution is 5.87. The molecule has 0 aromatic heterocycles. The van der Waals surface area contributed by atoms with Gasteiger partial charge in [0.1, 0.15) is 11.9 Å². The fraction of sp³-hybridized carbons (Fsp3) is 0.429. The maximum Gasteiger partial charge on any atom is 0.220 e. The maximum atomic E-state index is 11.5. The summed E-state index contributed by atoms with van der Waals surface area (Å²) in [5.41, 5.74) is 0. The number of benzene rings is 1. The Balaban J connectivity index is 2.05. The van der Waals surface area contributed by atoms with Crippen LogP contribution in [0.3, 0.4) is 0 Å². The number of ether oxygens (including phenoxy) is 1. The van der Waals surface area contributed by atoms with Crippen molar-refractivity contribution in [2.75, 3.05) is 6.54 Å². The molecule has 0 bridgehead atoms. The quantitative estimate of drug-likeness (QED) is 0.815. The molecule has 0 saturated carbocycles. The topological polar surface area (TPSA) is 46.6 Å². The average molecular weight is 247 g/mol. The Hall–Kier alpha value is -1.84. The van der Waals surface area contributed by atoms with Crippen LogP contribution in [0.25, 0.3) is 0 Å². The van der Waals surface area contributed by atoms with E-state index in [1.165, 1.54) is 13.8 Å². The number of para-hydroxylation sites is 1. The zero-order valence-corrected chi connectivity index (χ0v) is 10.6. The number of ketones is 1. The van der Waals surface area contributed by atoms with Gasteiger partial charge in [-0.05, 0) is 19.1 Å². The lowest BCUT2D eigenvalue weighted by Gasteiger charge is -2.19. The van der Waals surface area contributed by atoms with E-state index in [1.807, 2.05) is 30.3 Å². The van der Waals surface area contributed by atoms with E-state index in [4.69, 9.17) is 4.74 Å². The molecule has 1 heterocycles. The molecule has 1 aromatic rings. The van der Waals surface area contributed by atoms with Gasteiger partial charge in [0.2, 0.25) is 5.91 Å². The number of amides is 1. The lowest BCUT2D eigenvalue weighted by atomic mass is 10.1. The van der Waals surface area contributed by atoms with Crippen LogP contribution >= 0.6 is 0 Å². The van der Waals surface area contributed by atoms with Crippen LogP contribution in [-0.4, -0.2) is 35.3 Å². The fourth-order valence-electron chi connectivity index (χ4n) is 2.31. The average Bonchev–Trinajstić information content (AvgIpc) is 2.74. The second-order valence-electron chi connectivity index (χ2n) is 4.59. The van der Waals surface area contributed by atoms with Gasteiger partial charge in [-0.2, -0.15) is 0 Å². The summed E-state index contributed by atoms with van der Waals surface area (Å²) in [5, 5.41) is 0. The van der Waals surface area contributed by atoms with Gasteiger partial charge in [-0.3, -0.25) is 9.59 Å². The summed E-state index contributed by atoms with van der Waals surface area (Å²) in [6, 6.07) is 9.13. The van der Waals surface area contributed by atoms with Crippen LogP contribution in [0.1, 0.15) is 20.3 Å². The van der Waals surface area contributed by atoms with Crippen molar-refractivity contribution in [3.05, 3.63) is 30.3 Å². The number of nitrogens with zero attached hydrogens (tertiary/aromatic N) is 1. The number of hydrogen-bond acceptors (Lipinski definition) is 3. The maximum absolute atomic E-state index is 11.5. The van der Waals surface area contributed by atoms with Gasteiger partial charge in [0.25, 0.3) is 0 Å². The van der Waals surface area contributed by atoms with Crippen LogP contribution < -0.4 is 4.74 Å². The molecule has 0 unspecified atom stereocenters. The Morgan fingerprint density at radius 1 is 1.22 bits per heavy atom.